The molecule has 1 aliphatic heterocycles. The summed E-state index contributed by atoms with van der Waals surface area (Å²) in [4.78, 5) is 42.1. The second-order valence-electron chi connectivity index (χ2n) is 6.54. The number of rotatable bonds is 7. The Labute approximate surface area is 189 Å². The zero-order valence-corrected chi connectivity index (χ0v) is 18.8. The number of fused-ring (bicyclic) bond motifs is 1. The van der Waals surface area contributed by atoms with Gasteiger partial charge in [0.1, 0.15) is 0 Å². The molecule has 2 aromatic carbocycles. The van der Waals surface area contributed by atoms with E-state index in [-0.39, 0.29) is 16.7 Å². The van der Waals surface area contributed by atoms with Crippen LogP contribution >= 0.6 is 11.8 Å². The Morgan fingerprint density at radius 2 is 1.69 bits per heavy atom. The molecule has 1 aliphatic rings. The number of para-hydroxylation sites is 1. The highest BCUT2D eigenvalue weighted by atomic mass is 32.2. The van der Waals surface area contributed by atoms with E-state index in [2.05, 4.69) is 10.3 Å². The number of ketones is 1. The van der Waals surface area contributed by atoms with Gasteiger partial charge in [0.15, 0.2) is 23.2 Å². The summed E-state index contributed by atoms with van der Waals surface area (Å²) in [5, 5.41) is 2.95. The lowest BCUT2D eigenvalue weighted by Crippen LogP contribution is -2.34. The molecule has 0 spiro atoms. The molecule has 2 aromatic rings. The number of aliphatic imine (C=N–C) groups is 1. The van der Waals surface area contributed by atoms with Gasteiger partial charge >= 0.3 is 5.97 Å². The second kappa shape index (κ2) is 10.2. The van der Waals surface area contributed by atoms with E-state index < -0.39 is 17.7 Å². The van der Waals surface area contributed by atoms with Gasteiger partial charge in [0, 0.05) is 23.4 Å². The molecule has 0 radical (unpaired) electrons. The lowest BCUT2D eigenvalue weighted by Gasteiger charge is -2.21. The fourth-order valence-electron chi connectivity index (χ4n) is 3.16. The summed E-state index contributed by atoms with van der Waals surface area (Å²) >= 11 is 1.00. The molecule has 1 heterocycles. The van der Waals surface area contributed by atoms with Gasteiger partial charge in [0.05, 0.1) is 44.9 Å². The van der Waals surface area contributed by atoms with Crippen LogP contribution in [0.3, 0.4) is 0 Å². The van der Waals surface area contributed by atoms with Crippen molar-refractivity contribution in [1.29, 1.82) is 0 Å². The molecule has 3 rings (SSSR count). The van der Waals surface area contributed by atoms with Gasteiger partial charge < -0.3 is 24.3 Å². The predicted octanol–water partition coefficient (Wildman–Crippen LogP) is 3.10. The van der Waals surface area contributed by atoms with Crippen LogP contribution in [0.15, 0.2) is 41.4 Å². The summed E-state index contributed by atoms with van der Waals surface area (Å²) in [5.74, 6) is -1.61. The zero-order chi connectivity index (χ0) is 23.3. The highest BCUT2D eigenvalue weighted by molar-refractivity contribution is 8.14. The number of esters is 1. The first-order chi connectivity index (χ1) is 15.4. The second-order valence-corrected chi connectivity index (χ2v) is 7.53. The van der Waals surface area contributed by atoms with Crippen LogP contribution in [0, 0.1) is 5.92 Å². The first kappa shape index (κ1) is 23.1. The maximum atomic E-state index is 12.8. The smallest absolute Gasteiger partial charge is 0.323 e. The summed E-state index contributed by atoms with van der Waals surface area (Å²) in [5.41, 5.74) is 1.22. The van der Waals surface area contributed by atoms with Crippen molar-refractivity contribution >= 4 is 45.8 Å². The lowest BCUT2D eigenvalue weighted by atomic mass is 9.94. The maximum Gasteiger partial charge on any atom is 0.323 e. The quantitative estimate of drug-likeness (QED) is 0.498. The third-order valence-electron chi connectivity index (χ3n) is 4.65. The molecule has 1 N–H and O–H groups in total. The molecule has 9 nitrogen and oxygen atoms in total. The molecule has 0 saturated carbocycles. The average Bonchev–Trinajstić information content (AvgIpc) is 2.81. The number of hydrogen-bond acceptors (Lipinski definition) is 9. The van der Waals surface area contributed by atoms with E-state index in [1.807, 2.05) is 0 Å². The Balaban J connectivity index is 1.78. The number of Topliss-reactive ketones (excluding diaryl/α,β-unsaturated/α-hetero) is 1. The first-order valence-electron chi connectivity index (χ1n) is 9.45. The van der Waals surface area contributed by atoms with Gasteiger partial charge in [-0.15, -0.1) is 0 Å². The fourth-order valence-corrected chi connectivity index (χ4v) is 4.05. The van der Waals surface area contributed by atoms with E-state index in [1.54, 1.807) is 36.4 Å². The Morgan fingerprint density at radius 3 is 2.28 bits per heavy atom. The maximum absolute atomic E-state index is 12.8. The van der Waals surface area contributed by atoms with Crippen LogP contribution in [0.25, 0.3) is 0 Å². The summed E-state index contributed by atoms with van der Waals surface area (Å²) in [7, 11) is 5.64. The number of nitrogens with zero attached hydrogens (tertiary/aromatic N) is 1. The van der Waals surface area contributed by atoms with Gasteiger partial charge in [0.2, 0.25) is 11.7 Å². The van der Waals surface area contributed by atoms with E-state index in [0.717, 1.165) is 11.8 Å². The van der Waals surface area contributed by atoms with Crippen molar-refractivity contribution < 1.29 is 33.3 Å². The number of methoxy groups -OCH3 is 4. The molecule has 0 fully saturated rings. The molecular weight excluding hydrogens is 436 g/mol. The third-order valence-corrected chi connectivity index (χ3v) is 5.68. The zero-order valence-electron chi connectivity index (χ0n) is 18.0. The normalized spacial score (nSPS) is 14.7. The molecule has 10 heteroatoms. The van der Waals surface area contributed by atoms with E-state index in [0.29, 0.717) is 34.2 Å². The minimum Gasteiger partial charge on any atom is -0.493 e. The van der Waals surface area contributed by atoms with Crippen molar-refractivity contribution in [1.82, 2.24) is 0 Å². The van der Waals surface area contributed by atoms with E-state index in [1.165, 1.54) is 28.4 Å². The van der Waals surface area contributed by atoms with Crippen LogP contribution in [0.4, 0.5) is 11.4 Å². The van der Waals surface area contributed by atoms with Gasteiger partial charge in [-0.3, -0.25) is 14.4 Å². The van der Waals surface area contributed by atoms with Gasteiger partial charge in [-0.05, 0) is 12.1 Å². The lowest BCUT2D eigenvalue weighted by molar-refractivity contribution is -0.141. The van der Waals surface area contributed by atoms with Crippen LogP contribution in [-0.2, 0) is 14.3 Å². The van der Waals surface area contributed by atoms with Crippen molar-refractivity contribution in [3.63, 3.8) is 0 Å². The molecule has 0 aromatic heterocycles. The van der Waals surface area contributed by atoms with Crippen molar-refractivity contribution in [2.75, 3.05) is 39.5 Å². The molecule has 32 heavy (non-hydrogen) atoms. The number of nitrogens with one attached hydrogen (secondary N) is 1. The summed E-state index contributed by atoms with van der Waals surface area (Å²) in [6.07, 6.45) is 0. The fraction of sp³-hybridized carbons (Fsp3) is 0.273. The van der Waals surface area contributed by atoms with Crippen molar-refractivity contribution in [3.05, 3.63) is 42.0 Å². The van der Waals surface area contributed by atoms with Gasteiger partial charge in [-0.2, -0.15) is 0 Å². The van der Waals surface area contributed by atoms with Gasteiger partial charge in [-0.25, -0.2) is 4.99 Å². The van der Waals surface area contributed by atoms with Crippen LogP contribution in [-0.4, -0.2) is 56.9 Å². The molecular formula is C22H22N2O7S. The summed E-state index contributed by atoms with van der Waals surface area (Å²) in [6, 6.07) is 9.92. The minimum absolute atomic E-state index is 0.0849. The predicted molar refractivity (Wildman–Crippen MR) is 121 cm³/mol. The molecule has 1 atom stereocenters. The SMILES string of the molecule is COC(=O)C1C(=O)c2ccccc2N=C1SCC(=O)Nc1cc(OC)c(OC)c(OC)c1. The average molecular weight is 458 g/mol. The Morgan fingerprint density at radius 1 is 1.03 bits per heavy atom. The molecule has 1 unspecified atom stereocenters. The third kappa shape index (κ3) is 4.70. The van der Waals surface area contributed by atoms with Crippen LogP contribution < -0.4 is 19.5 Å². The number of carbonyl (C=O) groups is 3. The van der Waals surface area contributed by atoms with Crippen LogP contribution in [0.2, 0.25) is 0 Å². The van der Waals surface area contributed by atoms with Crippen LogP contribution in [0.1, 0.15) is 10.4 Å². The van der Waals surface area contributed by atoms with Gasteiger partial charge in [-0.1, -0.05) is 23.9 Å². The topological polar surface area (TPSA) is 113 Å². The highest BCUT2D eigenvalue weighted by Crippen LogP contribution is 2.40. The molecule has 0 saturated heterocycles. The first-order valence-corrected chi connectivity index (χ1v) is 10.4. The summed E-state index contributed by atoms with van der Waals surface area (Å²) < 4.78 is 20.6. The number of benzene rings is 2. The number of ether oxygens (including phenoxy) is 4. The van der Waals surface area contributed by atoms with Crippen molar-refractivity contribution in [2.45, 2.75) is 0 Å². The Kier molecular flexibility index (Phi) is 7.37. The van der Waals surface area contributed by atoms with E-state index >= 15 is 0 Å². The summed E-state index contributed by atoms with van der Waals surface area (Å²) in [6.45, 7) is 0. The molecule has 0 bridgehead atoms. The Bertz CT molecular complexity index is 1060. The number of thioether (sulfide) groups is 1. The monoisotopic (exact) mass is 458 g/mol. The number of hydrogen-bond donors (Lipinski definition) is 1. The standard InChI is InChI=1S/C22H22N2O7S/c1-28-15-9-12(10-16(29-2)20(15)30-3)23-17(25)11-32-21-18(22(27)31-4)19(26)13-7-5-6-8-14(13)24-21/h5-10,18H,11H2,1-4H3,(H,23,25). The minimum atomic E-state index is -1.20. The highest BCUT2D eigenvalue weighted by Gasteiger charge is 2.38. The Hall–Kier alpha value is -3.53. The van der Waals surface area contributed by atoms with Crippen molar-refractivity contribution in [2.24, 2.45) is 10.9 Å². The largest absolute Gasteiger partial charge is 0.493 e. The molecule has 0 aliphatic carbocycles. The number of amides is 1. The van der Waals surface area contributed by atoms with Crippen molar-refractivity contribution in [3.8, 4) is 17.2 Å². The van der Waals surface area contributed by atoms with E-state index in [4.69, 9.17) is 18.9 Å². The number of anilines is 1. The van der Waals surface area contributed by atoms with E-state index in [9.17, 15) is 14.4 Å². The molecule has 168 valence electrons. The van der Waals surface area contributed by atoms with Gasteiger partial charge in [0.25, 0.3) is 0 Å². The molecule has 1 amide bonds. The van der Waals surface area contributed by atoms with Crippen LogP contribution in [0.5, 0.6) is 17.2 Å². The number of carbonyl (C=O) groups excluding carboxylic acids is 3.